The van der Waals surface area contributed by atoms with Crippen molar-refractivity contribution in [3.8, 4) is 0 Å². The number of anilines is 1. The number of hydrazone groups is 1. The minimum Gasteiger partial charge on any atom is -0.595 e. The van der Waals surface area contributed by atoms with Crippen LogP contribution in [0, 0.1) is 10.4 Å². The van der Waals surface area contributed by atoms with Crippen LogP contribution in [0.1, 0.15) is 19.3 Å². The summed E-state index contributed by atoms with van der Waals surface area (Å²) in [6, 6.07) is 3.86. The molecule has 2 rings (SSSR count). The Kier molecular flexibility index (Phi) is 4.79. The van der Waals surface area contributed by atoms with E-state index in [2.05, 4.69) is 10.5 Å². The molecule has 0 aliphatic heterocycles. The predicted molar refractivity (Wildman–Crippen MR) is 72.0 cm³/mol. The molecule has 0 fully saturated rings. The van der Waals surface area contributed by atoms with Crippen molar-refractivity contribution in [2.75, 3.05) is 5.43 Å². The molecule has 0 radical (unpaired) electrons. The molecule has 5 N–H and O–H groups in total. The highest BCUT2D eigenvalue weighted by Crippen LogP contribution is 2.21. The van der Waals surface area contributed by atoms with Crippen molar-refractivity contribution in [3.05, 3.63) is 40.8 Å². The van der Waals surface area contributed by atoms with E-state index in [0.717, 1.165) is 31.0 Å². The highest BCUT2D eigenvalue weighted by Gasteiger charge is 2.13. The Balaban J connectivity index is 2.22. The van der Waals surface area contributed by atoms with Crippen molar-refractivity contribution in [2.45, 2.75) is 19.3 Å². The predicted octanol–water partition coefficient (Wildman–Crippen LogP) is 0.00140. The van der Waals surface area contributed by atoms with E-state index in [4.69, 9.17) is 10.4 Å². The van der Waals surface area contributed by atoms with Crippen LogP contribution >= 0.6 is 0 Å². The van der Waals surface area contributed by atoms with Gasteiger partial charge in [0.25, 0.3) is 0 Å². The molecule has 0 saturated carbocycles. The third kappa shape index (κ3) is 3.61. The van der Waals surface area contributed by atoms with E-state index < -0.39 is 10.5 Å². The summed E-state index contributed by atoms with van der Waals surface area (Å²) in [4.78, 5) is 0. The largest absolute Gasteiger partial charge is 0.595 e. The van der Waals surface area contributed by atoms with Crippen molar-refractivity contribution in [1.82, 2.24) is 0 Å². The summed E-state index contributed by atoms with van der Waals surface area (Å²) >= 11 is 0. The molecule has 8 nitrogen and oxygen atoms in total. The standard InChI is InChI=1S/C12H16N4O4/c17-15(18)10-6-7-11(12(8-10)16(19)20)14-13-9-4-2-1-3-5-9/h2,4,6-8,14-17,19H,1,3,5H2/b13-9+. The SMILES string of the molecule is [O-][NH+](O)c1ccc(N/N=C2\C=CCCC2)c([NH+]([O-])O)c1. The molecule has 1 aliphatic rings. The quantitative estimate of drug-likeness (QED) is 0.497. The summed E-state index contributed by atoms with van der Waals surface area (Å²) in [6.45, 7) is 0. The fraction of sp³-hybridized carbons (Fsp3) is 0.250. The van der Waals surface area contributed by atoms with Gasteiger partial charge in [-0.1, -0.05) is 6.08 Å². The highest BCUT2D eigenvalue weighted by molar-refractivity contribution is 5.96. The Morgan fingerprint density at radius 3 is 2.60 bits per heavy atom. The second-order valence-electron chi connectivity index (χ2n) is 4.38. The number of hydrogen-bond acceptors (Lipinski definition) is 6. The Hall–Kier alpha value is -1.81. The fourth-order valence-corrected chi connectivity index (χ4v) is 1.88. The first-order chi connectivity index (χ1) is 9.58. The topological polar surface area (TPSA) is 120 Å². The summed E-state index contributed by atoms with van der Waals surface area (Å²) in [5.74, 6) is 0. The van der Waals surface area contributed by atoms with E-state index in [1.165, 1.54) is 12.1 Å². The Morgan fingerprint density at radius 1 is 1.20 bits per heavy atom. The number of nitrogens with one attached hydrogen (secondary N) is 3. The van der Waals surface area contributed by atoms with Crippen molar-refractivity contribution in [3.63, 3.8) is 0 Å². The molecule has 0 heterocycles. The summed E-state index contributed by atoms with van der Waals surface area (Å²) in [7, 11) is 0. The van der Waals surface area contributed by atoms with Gasteiger partial charge in [-0.15, -0.1) is 0 Å². The molecule has 0 saturated heterocycles. The molecule has 1 aliphatic carbocycles. The second kappa shape index (κ2) is 6.57. The first-order valence-electron chi connectivity index (χ1n) is 6.17. The Morgan fingerprint density at radius 2 is 2.00 bits per heavy atom. The molecule has 0 bridgehead atoms. The van der Waals surface area contributed by atoms with Gasteiger partial charge in [0.1, 0.15) is 5.69 Å². The van der Waals surface area contributed by atoms with E-state index in [0.29, 0.717) is 0 Å². The zero-order valence-corrected chi connectivity index (χ0v) is 10.7. The summed E-state index contributed by atoms with van der Waals surface area (Å²) < 4.78 is 0. The van der Waals surface area contributed by atoms with Crippen LogP contribution in [-0.2, 0) is 0 Å². The van der Waals surface area contributed by atoms with Gasteiger partial charge in [-0.2, -0.15) is 15.6 Å². The van der Waals surface area contributed by atoms with Gasteiger partial charge in [-0.25, -0.2) is 10.4 Å². The second-order valence-corrected chi connectivity index (χ2v) is 4.38. The molecule has 1 aromatic carbocycles. The number of nitrogens with zero attached hydrogens (tertiary/aromatic N) is 1. The number of allylic oxidation sites excluding steroid dienone is 2. The van der Waals surface area contributed by atoms with Crippen molar-refractivity contribution in [1.29, 1.82) is 0 Å². The van der Waals surface area contributed by atoms with Crippen LogP contribution in [-0.4, -0.2) is 16.1 Å². The zero-order chi connectivity index (χ0) is 14.5. The summed E-state index contributed by atoms with van der Waals surface area (Å²) in [6.07, 6.45) is 6.77. The number of hydrogen-bond donors (Lipinski definition) is 5. The molecule has 20 heavy (non-hydrogen) atoms. The maximum Gasteiger partial charge on any atom is 0.195 e. The smallest absolute Gasteiger partial charge is 0.195 e. The van der Waals surface area contributed by atoms with Crippen LogP contribution in [0.3, 0.4) is 0 Å². The molecule has 0 aromatic heterocycles. The van der Waals surface area contributed by atoms with Crippen LogP contribution in [0.4, 0.5) is 17.1 Å². The van der Waals surface area contributed by atoms with E-state index in [1.54, 1.807) is 0 Å². The Labute approximate surface area is 115 Å². The van der Waals surface area contributed by atoms with Crippen molar-refractivity contribution >= 4 is 22.8 Å². The van der Waals surface area contributed by atoms with Gasteiger partial charge in [-0.3, -0.25) is 5.43 Å². The van der Waals surface area contributed by atoms with Gasteiger partial charge >= 0.3 is 0 Å². The molecule has 1 aromatic rings. The van der Waals surface area contributed by atoms with Crippen LogP contribution in [0.15, 0.2) is 35.5 Å². The first kappa shape index (κ1) is 14.6. The molecule has 108 valence electrons. The summed E-state index contributed by atoms with van der Waals surface area (Å²) in [5.41, 5.74) is 3.62. The molecule has 0 spiro atoms. The molecule has 8 heteroatoms. The number of quaternary nitrogens is 2. The third-order valence-corrected chi connectivity index (χ3v) is 2.93. The summed E-state index contributed by atoms with van der Waals surface area (Å²) in [5, 5.41) is 41.7. The average Bonchev–Trinajstić information content (AvgIpc) is 2.45. The first-order valence-corrected chi connectivity index (χ1v) is 6.17. The lowest BCUT2D eigenvalue weighted by molar-refractivity contribution is -0.996. The molecular weight excluding hydrogens is 264 g/mol. The van der Waals surface area contributed by atoms with E-state index in [1.807, 2.05) is 12.2 Å². The van der Waals surface area contributed by atoms with E-state index in [-0.39, 0.29) is 17.1 Å². The lowest BCUT2D eigenvalue weighted by atomic mass is 10.1. The van der Waals surface area contributed by atoms with Gasteiger partial charge in [-0.05, 0) is 31.4 Å². The molecular formula is C12H16N4O4. The maximum atomic E-state index is 11.2. The van der Waals surface area contributed by atoms with Gasteiger partial charge < -0.3 is 10.4 Å². The lowest BCUT2D eigenvalue weighted by Gasteiger charge is -2.18. The molecule has 2 unspecified atom stereocenters. The number of rotatable bonds is 4. The van der Waals surface area contributed by atoms with E-state index >= 15 is 0 Å². The lowest BCUT2D eigenvalue weighted by Crippen LogP contribution is -3.00. The zero-order valence-electron chi connectivity index (χ0n) is 10.7. The minimum absolute atomic E-state index is 0.0711. The average molecular weight is 280 g/mol. The maximum absolute atomic E-state index is 11.2. The van der Waals surface area contributed by atoms with Crippen molar-refractivity contribution in [2.24, 2.45) is 5.10 Å². The van der Waals surface area contributed by atoms with Crippen LogP contribution in [0.5, 0.6) is 0 Å². The van der Waals surface area contributed by atoms with Crippen LogP contribution < -0.4 is 15.9 Å². The fourth-order valence-electron chi connectivity index (χ4n) is 1.88. The third-order valence-electron chi connectivity index (χ3n) is 2.93. The van der Waals surface area contributed by atoms with E-state index in [9.17, 15) is 10.4 Å². The van der Waals surface area contributed by atoms with Gasteiger partial charge in [0.15, 0.2) is 11.4 Å². The minimum atomic E-state index is -1.20. The number of benzene rings is 1. The molecule has 2 atom stereocenters. The van der Waals surface area contributed by atoms with Crippen LogP contribution in [0.2, 0.25) is 0 Å². The monoisotopic (exact) mass is 280 g/mol. The molecule has 0 amide bonds. The van der Waals surface area contributed by atoms with Gasteiger partial charge in [0.05, 0.1) is 11.8 Å². The van der Waals surface area contributed by atoms with Crippen LogP contribution in [0.25, 0.3) is 0 Å². The normalized spacial score (nSPS) is 19.9. The van der Waals surface area contributed by atoms with Gasteiger partial charge in [0, 0.05) is 6.07 Å². The van der Waals surface area contributed by atoms with Crippen molar-refractivity contribution < 1.29 is 20.9 Å². The van der Waals surface area contributed by atoms with Gasteiger partial charge in [0.2, 0.25) is 0 Å². The Bertz CT molecular complexity index is 528. The highest BCUT2D eigenvalue weighted by atomic mass is 16.8.